The van der Waals surface area contributed by atoms with Crippen molar-refractivity contribution in [3.05, 3.63) is 83.4 Å². The minimum absolute atomic E-state index is 0.0140. The Bertz CT molecular complexity index is 1390. The van der Waals surface area contributed by atoms with Crippen molar-refractivity contribution >= 4 is 42.3 Å². The largest absolute Gasteiger partial charge is 0.505 e. The van der Waals surface area contributed by atoms with Gasteiger partial charge in [0, 0.05) is 28.5 Å². The standard InChI is InChI=1S/C22H15Br2NO7/c1-9-7-12-14(10-5-3-4-6-11(10)21(28)29)13-8-22(2,25(30)31)20(27)16(24)19(13)32-18(12)15(23)17(9)26/h3-7,27H,8H2,1-2H3,(H,28,29). The van der Waals surface area contributed by atoms with Crippen molar-refractivity contribution in [2.24, 2.45) is 0 Å². The van der Waals surface area contributed by atoms with Gasteiger partial charge in [0.2, 0.25) is 0 Å². The predicted octanol–water partition coefficient (Wildman–Crippen LogP) is 5.39. The average molecular weight is 565 g/mol. The molecule has 0 spiro atoms. The predicted molar refractivity (Wildman–Crippen MR) is 124 cm³/mol. The summed E-state index contributed by atoms with van der Waals surface area (Å²) >= 11 is 6.49. The Morgan fingerprint density at radius 2 is 1.88 bits per heavy atom. The molecule has 2 aliphatic carbocycles. The number of nitrogens with zero attached hydrogens (tertiary/aromatic N) is 1. The molecule has 0 aromatic heterocycles. The fourth-order valence-electron chi connectivity index (χ4n) is 3.93. The van der Waals surface area contributed by atoms with E-state index in [9.17, 15) is 29.9 Å². The normalized spacial score (nSPS) is 18.0. The molecule has 1 aromatic carbocycles. The van der Waals surface area contributed by atoms with Gasteiger partial charge in [0.05, 0.1) is 12.0 Å². The maximum absolute atomic E-state index is 12.5. The summed E-state index contributed by atoms with van der Waals surface area (Å²) in [6.45, 7) is 2.90. The van der Waals surface area contributed by atoms with E-state index in [2.05, 4.69) is 31.9 Å². The lowest BCUT2D eigenvalue weighted by molar-refractivity contribution is -0.557. The van der Waals surface area contributed by atoms with Crippen LogP contribution < -0.4 is 5.43 Å². The summed E-state index contributed by atoms with van der Waals surface area (Å²) in [7, 11) is 0. The van der Waals surface area contributed by atoms with Gasteiger partial charge in [-0.1, -0.05) is 18.2 Å². The number of benzene rings is 2. The molecule has 2 N–H and O–H groups in total. The third-order valence-electron chi connectivity index (χ3n) is 5.68. The van der Waals surface area contributed by atoms with Crippen molar-refractivity contribution in [3.8, 4) is 22.5 Å². The lowest BCUT2D eigenvalue weighted by Crippen LogP contribution is -2.42. The van der Waals surface area contributed by atoms with Crippen LogP contribution in [0.4, 0.5) is 0 Å². The van der Waals surface area contributed by atoms with Gasteiger partial charge in [-0.05, 0) is 62.0 Å². The first kappa shape index (κ1) is 22.2. The van der Waals surface area contributed by atoms with E-state index in [0.29, 0.717) is 27.8 Å². The number of aliphatic hydroxyl groups excluding tert-OH is 1. The smallest absolute Gasteiger partial charge is 0.336 e. The Hall–Kier alpha value is -2.98. The van der Waals surface area contributed by atoms with Crippen LogP contribution in [0.25, 0.3) is 26.9 Å². The van der Waals surface area contributed by atoms with Crippen molar-refractivity contribution in [1.29, 1.82) is 0 Å². The van der Waals surface area contributed by atoms with Gasteiger partial charge in [0.15, 0.2) is 16.9 Å². The first-order valence-corrected chi connectivity index (χ1v) is 10.9. The maximum atomic E-state index is 12.5. The van der Waals surface area contributed by atoms with Crippen molar-refractivity contribution in [3.63, 3.8) is 0 Å². The van der Waals surface area contributed by atoms with Crippen LogP contribution in [0.5, 0.6) is 0 Å². The molecule has 10 heteroatoms. The molecule has 1 aromatic rings. The number of carbonyl (C=O) groups is 1. The van der Waals surface area contributed by atoms with Crippen LogP contribution in [0.2, 0.25) is 0 Å². The number of nitro groups is 1. The highest BCUT2D eigenvalue weighted by Crippen LogP contribution is 2.50. The number of rotatable bonds is 3. The summed E-state index contributed by atoms with van der Waals surface area (Å²) < 4.78 is 6.09. The fraction of sp³-hybridized carbons (Fsp3) is 0.182. The van der Waals surface area contributed by atoms with Gasteiger partial charge in [-0.25, -0.2) is 4.79 Å². The zero-order chi connectivity index (χ0) is 23.5. The Labute approximate surface area is 197 Å². The van der Waals surface area contributed by atoms with Gasteiger partial charge in [-0.2, -0.15) is 0 Å². The van der Waals surface area contributed by atoms with E-state index < -0.39 is 22.2 Å². The first-order chi connectivity index (χ1) is 15.0. The van der Waals surface area contributed by atoms with E-state index in [1.54, 1.807) is 31.2 Å². The molecule has 1 atom stereocenters. The number of hydrogen-bond donors (Lipinski definition) is 2. The second-order valence-corrected chi connectivity index (χ2v) is 9.31. The van der Waals surface area contributed by atoms with Crippen LogP contribution >= 0.6 is 31.9 Å². The summed E-state index contributed by atoms with van der Waals surface area (Å²) in [4.78, 5) is 35.8. The molecule has 0 radical (unpaired) electrons. The number of carboxylic acid groups (broad SMARTS) is 1. The molecule has 4 rings (SSSR count). The minimum Gasteiger partial charge on any atom is -0.505 e. The lowest BCUT2D eigenvalue weighted by atomic mass is 9.79. The molecule has 0 bridgehead atoms. The third-order valence-corrected chi connectivity index (χ3v) is 7.14. The van der Waals surface area contributed by atoms with Gasteiger partial charge < -0.3 is 14.6 Å². The number of hydrogen-bond acceptors (Lipinski definition) is 6. The summed E-state index contributed by atoms with van der Waals surface area (Å²) in [6, 6.07) is 7.85. The Morgan fingerprint density at radius 1 is 1.22 bits per heavy atom. The lowest BCUT2D eigenvalue weighted by Gasteiger charge is -2.30. The number of aliphatic hydroxyl groups is 1. The van der Waals surface area contributed by atoms with Crippen LogP contribution in [0.1, 0.15) is 34.2 Å². The van der Waals surface area contributed by atoms with Gasteiger partial charge in [-0.15, -0.1) is 0 Å². The average Bonchev–Trinajstić information content (AvgIpc) is 2.75. The summed E-state index contributed by atoms with van der Waals surface area (Å²) in [5, 5.41) is 32.3. The van der Waals surface area contributed by atoms with Crippen molar-refractivity contribution < 1.29 is 24.3 Å². The van der Waals surface area contributed by atoms with Gasteiger partial charge in [-0.3, -0.25) is 14.9 Å². The zero-order valence-electron chi connectivity index (χ0n) is 16.7. The zero-order valence-corrected chi connectivity index (χ0v) is 19.9. The number of halogens is 2. The molecule has 0 saturated heterocycles. The Kier molecular flexibility index (Phi) is 5.25. The van der Waals surface area contributed by atoms with E-state index >= 15 is 0 Å². The van der Waals surface area contributed by atoms with Gasteiger partial charge in [0.25, 0.3) is 5.54 Å². The number of aromatic carboxylic acids is 1. The highest BCUT2D eigenvalue weighted by molar-refractivity contribution is 9.15. The molecule has 32 heavy (non-hydrogen) atoms. The highest BCUT2D eigenvalue weighted by Gasteiger charge is 2.50. The molecule has 1 heterocycles. The van der Waals surface area contributed by atoms with Crippen molar-refractivity contribution in [1.82, 2.24) is 0 Å². The topological polar surface area (TPSA) is 131 Å². The quantitative estimate of drug-likeness (QED) is 0.322. The van der Waals surface area contributed by atoms with E-state index in [0.717, 1.165) is 0 Å². The number of fused-ring (bicyclic) bond motifs is 2. The molecular weight excluding hydrogens is 550 g/mol. The van der Waals surface area contributed by atoms with Crippen LogP contribution in [0.3, 0.4) is 0 Å². The fourth-order valence-corrected chi connectivity index (χ4v) is 5.29. The molecule has 1 unspecified atom stereocenters. The molecule has 8 nitrogen and oxygen atoms in total. The first-order valence-electron chi connectivity index (χ1n) is 9.34. The van der Waals surface area contributed by atoms with Crippen molar-refractivity contribution in [2.75, 3.05) is 0 Å². The number of carboxylic acids is 1. The van der Waals surface area contributed by atoms with Crippen molar-refractivity contribution in [2.45, 2.75) is 25.8 Å². The van der Waals surface area contributed by atoms with Crippen LogP contribution in [0, 0.1) is 17.0 Å². The molecular formula is C22H15Br2NO7. The van der Waals surface area contributed by atoms with E-state index in [1.165, 1.54) is 13.0 Å². The second-order valence-electron chi connectivity index (χ2n) is 7.72. The van der Waals surface area contributed by atoms with E-state index in [1.807, 2.05) is 0 Å². The highest BCUT2D eigenvalue weighted by atomic mass is 79.9. The SMILES string of the molecule is Cc1cc2c(-c3ccccc3C(=O)O)c3c(oc-2c(Br)c1=O)C(Br)=C(O)C(C)([N+](=O)[O-])C3. The van der Waals surface area contributed by atoms with Crippen LogP contribution in [-0.2, 0) is 6.42 Å². The Morgan fingerprint density at radius 3 is 2.50 bits per heavy atom. The van der Waals surface area contributed by atoms with E-state index in [-0.39, 0.29) is 37.9 Å². The second kappa shape index (κ2) is 7.56. The summed E-state index contributed by atoms with van der Waals surface area (Å²) in [5.74, 6) is -1.47. The molecule has 0 amide bonds. The summed E-state index contributed by atoms with van der Waals surface area (Å²) in [5.41, 5.74) is -0.330. The molecule has 0 fully saturated rings. The maximum Gasteiger partial charge on any atom is 0.336 e. The summed E-state index contributed by atoms with van der Waals surface area (Å²) in [6.07, 6.45) is -0.255. The monoisotopic (exact) mass is 563 g/mol. The minimum atomic E-state index is -1.87. The molecule has 1 aliphatic heterocycles. The van der Waals surface area contributed by atoms with Gasteiger partial charge in [0.1, 0.15) is 14.7 Å². The number of aryl methyl sites for hydroxylation is 1. The van der Waals surface area contributed by atoms with Gasteiger partial charge >= 0.3 is 5.97 Å². The third kappa shape index (κ3) is 3.08. The molecule has 3 aliphatic rings. The molecule has 164 valence electrons. The van der Waals surface area contributed by atoms with Crippen LogP contribution in [-0.4, -0.2) is 26.6 Å². The van der Waals surface area contributed by atoms with Crippen LogP contribution in [0.15, 0.2) is 49.8 Å². The molecule has 0 saturated carbocycles. The van der Waals surface area contributed by atoms with E-state index in [4.69, 9.17) is 4.42 Å². The Balaban J connectivity index is 2.26.